The van der Waals surface area contributed by atoms with Crippen LogP contribution >= 0.6 is 0 Å². The minimum Gasteiger partial charge on any atom is -0.392 e. The second-order valence-electron chi connectivity index (χ2n) is 5.58. The van der Waals surface area contributed by atoms with Crippen LogP contribution in [-0.4, -0.2) is 53.7 Å². The zero-order valence-electron chi connectivity index (χ0n) is 12.7. The van der Waals surface area contributed by atoms with E-state index < -0.39 is 0 Å². The third kappa shape index (κ3) is 5.12. The fraction of sp³-hybridized carbons (Fsp3) is 0.714. The molecule has 5 heteroatoms. The Bertz CT molecular complexity index is 393. The van der Waals surface area contributed by atoms with Crippen molar-refractivity contribution in [2.24, 2.45) is 5.92 Å². The Hall–Kier alpha value is -1.20. The minimum atomic E-state index is -0.00596. The van der Waals surface area contributed by atoms with Crippen molar-refractivity contribution in [3.63, 3.8) is 0 Å². The van der Waals surface area contributed by atoms with Crippen LogP contribution in [0.4, 0.5) is 5.95 Å². The predicted octanol–water partition coefficient (Wildman–Crippen LogP) is 1.30. The summed E-state index contributed by atoms with van der Waals surface area (Å²) in [6, 6.07) is 0. The molecule has 1 aromatic heterocycles. The van der Waals surface area contributed by atoms with Gasteiger partial charge in [-0.2, -0.15) is 0 Å². The van der Waals surface area contributed by atoms with Gasteiger partial charge in [0.1, 0.15) is 0 Å². The monoisotopic (exact) mass is 266 g/mol. The smallest absolute Gasteiger partial charge is 0.225 e. The lowest BCUT2D eigenvalue weighted by Crippen LogP contribution is -2.35. The Morgan fingerprint density at radius 3 is 2.42 bits per heavy atom. The SMILES string of the molecule is Cc1nc(N(CCN(C)C)CC(C)C)ncc1CO. The fourth-order valence-corrected chi connectivity index (χ4v) is 1.82. The molecule has 1 heterocycles. The first-order chi connectivity index (χ1) is 8.93. The van der Waals surface area contributed by atoms with Crippen LogP contribution in [0.3, 0.4) is 0 Å². The third-order valence-corrected chi connectivity index (χ3v) is 2.92. The van der Waals surface area contributed by atoms with Crippen molar-refractivity contribution in [3.8, 4) is 0 Å². The van der Waals surface area contributed by atoms with E-state index in [-0.39, 0.29) is 6.61 Å². The largest absolute Gasteiger partial charge is 0.392 e. The standard InChI is InChI=1S/C14H26N4O/c1-11(2)9-18(7-6-17(4)5)14-15-8-13(10-19)12(3)16-14/h8,11,19H,6-7,9-10H2,1-5H3. The van der Waals surface area contributed by atoms with Gasteiger partial charge in [-0.25, -0.2) is 9.97 Å². The quantitative estimate of drug-likeness (QED) is 0.806. The zero-order valence-corrected chi connectivity index (χ0v) is 12.7. The number of rotatable bonds is 7. The van der Waals surface area contributed by atoms with Gasteiger partial charge >= 0.3 is 0 Å². The number of aryl methyl sites for hydroxylation is 1. The summed E-state index contributed by atoms with van der Waals surface area (Å²) in [4.78, 5) is 13.3. The van der Waals surface area contributed by atoms with Gasteiger partial charge in [0, 0.05) is 37.1 Å². The van der Waals surface area contributed by atoms with Crippen molar-refractivity contribution < 1.29 is 5.11 Å². The first-order valence-electron chi connectivity index (χ1n) is 6.77. The number of aromatic nitrogens is 2. The van der Waals surface area contributed by atoms with Gasteiger partial charge < -0.3 is 14.9 Å². The number of aliphatic hydroxyl groups excluding tert-OH is 1. The molecule has 0 aliphatic rings. The molecule has 1 aromatic rings. The van der Waals surface area contributed by atoms with E-state index in [1.54, 1.807) is 6.20 Å². The average Bonchev–Trinajstić information content (AvgIpc) is 2.33. The zero-order chi connectivity index (χ0) is 14.4. The van der Waals surface area contributed by atoms with Crippen LogP contribution in [0.15, 0.2) is 6.20 Å². The summed E-state index contributed by atoms with van der Waals surface area (Å²) in [5, 5.41) is 9.17. The lowest BCUT2D eigenvalue weighted by molar-refractivity contribution is 0.280. The Morgan fingerprint density at radius 1 is 1.26 bits per heavy atom. The Morgan fingerprint density at radius 2 is 1.95 bits per heavy atom. The highest BCUT2D eigenvalue weighted by molar-refractivity contribution is 5.32. The van der Waals surface area contributed by atoms with E-state index >= 15 is 0 Å². The highest BCUT2D eigenvalue weighted by Crippen LogP contribution is 2.13. The molecule has 108 valence electrons. The summed E-state index contributed by atoms with van der Waals surface area (Å²) >= 11 is 0. The summed E-state index contributed by atoms with van der Waals surface area (Å²) in [6.07, 6.45) is 1.72. The molecule has 1 N–H and O–H groups in total. The molecule has 0 unspecified atom stereocenters. The van der Waals surface area contributed by atoms with Gasteiger partial charge in [0.2, 0.25) is 5.95 Å². The van der Waals surface area contributed by atoms with Crippen molar-refractivity contribution in [2.75, 3.05) is 38.6 Å². The maximum atomic E-state index is 9.17. The first-order valence-corrected chi connectivity index (χ1v) is 6.77. The number of hydrogen-bond acceptors (Lipinski definition) is 5. The topological polar surface area (TPSA) is 52.5 Å². The van der Waals surface area contributed by atoms with E-state index in [1.807, 2.05) is 6.92 Å². The molecule has 0 fully saturated rings. The van der Waals surface area contributed by atoms with Gasteiger partial charge in [0.25, 0.3) is 0 Å². The molecule has 19 heavy (non-hydrogen) atoms. The molecular weight excluding hydrogens is 240 g/mol. The van der Waals surface area contributed by atoms with Crippen LogP contribution in [0.5, 0.6) is 0 Å². The van der Waals surface area contributed by atoms with E-state index in [9.17, 15) is 0 Å². The van der Waals surface area contributed by atoms with Gasteiger partial charge in [0.05, 0.1) is 6.61 Å². The molecule has 5 nitrogen and oxygen atoms in total. The summed E-state index contributed by atoms with van der Waals surface area (Å²) < 4.78 is 0. The van der Waals surface area contributed by atoms with Crippen molar-refractivity contribution in [1.82, 2.24) is 14.9 Å². The van der Waals surface area contributed by atoms with Gasteiger partial charge in [-0.15, -0.1) is 0 Å². The van der Waals surface area contributed by atoms with E-state index in [0.717, 1.165) is 36.8 Å². The maximum absolute atomic E-state index is 9.17. The van der Waals surface area contributed by atoms with Crippen LogP contribution in [-0.2, 0) is 6.61 Å². The van der Waals surface area contributed by atoms with Crippen molar-refractivity contribution in [1.29, 1.82) is 0 Å². The van der Waals surface area contributed by atoms with Gasteiger partial charge in [0.15, 0.2) is 0 Å². The molecule has 0 amide bonds. The van der Waals surface area contributed by atoms with E-state index in [0.29, 0.717) is 5.92 Å². The molecule has 0 saturated carbocycles. The number of likely N-dealkylation sites (N-methyl/N-ethyl adjacent to an activating group) is 1. The Kier molecular flexibility index (Phi) is 6.18. The molecule has 0 aliphatic carbocycles. The Labute approximate surface area is 116 Å². The fourth-order valence-electron chi connectivity index (χ4n) is 1.82. The number of anilines is 1. The molecule has 0 radical (unpaired) electrons. The molecule has 0 spiro atoms. The first kappa shape index (κ1) is 15.9. The average molecular weight is 266 g/mol. The lowest BCUT2D eigenvalue weighted by Gasteiger charge is -2.26. The third-order valence-electron chi connectivity index (χ3n) is 2.92. The molecule has 0 aromatic carbocycles. The number of aliphatic hydroxyl groups is 1. The van der Waals surface area contributed by atoms with Gasteiger partial charge in [-0.1, -0.05) is 13.8 Å². The second-order valence-corrected chi connectivity index (χ2v) is 5.58. The molecule has 0 aliphatic heterocycles. The Balaban J connectivity index is 2.86. The number of nitrogens with zero attached hydrogens (tertiary/aromatic N) is 4. The van der Waals surface area contributed by atoms with Crippen LogP contribution < -0.4 is 4.90 Å². The van der Waals surface area contributed by atoms with E-state index in [1.165, 1.54) is 0 Å². The normalized spacial score (nSPS) is 11.4. The summed E-state index contributed by atoms with van der Waals surface area (Å²) in [6.45, 7) is 9.10. The lowest BCUT2D eigenvalue weighted by atomic mass is 10.2. The highest BCUT2D eigenvalue weighted by atomic mass is 16.3. The summed E-state index contributed by atoms with van der Waals surface area (Å²) in [5.74, 6) is 1.31. The second kappa shape index (κ2) is 7.40. The van der Waals surface area contributed by atoms with Crippen LogP contribution in [0.25, 0.3) is 0 Å². The minimum absolute atomic E-state index is 0.00596. The molecule has 1 rings (SSSR count). The number of hydrogen-bond donors (Lipinski definition) is 1. The molecular formula is C14H26N4O. The van der Waals surface area contributed by atoms with Crippen LogP contribution in [0, 0.1) is 12.8 Å². The van der Waals surface area contributed by atoms with E-state index in [4.69, 9.17) is 5.11 Å². The molecule has 0 saturated heterocycles. The molecule has 0 atom stereocenters. The van der Waals surface area contributed by atoms with Gasteiger partial charge in [-0.05, 0) is 26.9 Å². The molecule has 0 bridgehead atoms. The van der Waals surface area contributed by atoms with Crippen LogP contribution in [0.2, 0.25) is 0 Å². The van der Waals surface area contributed by atoms with Crippen LogP contribution in [0.1, 0.15) is 25.1 Å². The van der Waals surface area contributed by atoms with E-state index in [2.05, 4.69) is 47.7 Å². The maximum Gasteiger partial charge on any atom is 0.225 e. The highest BCUT2D eigenvalue weighted by Gasteiger charge is 2.13. The predicted molar refractivity (Wildman–Crippen MR) is 78.3 cm³/mol. The van der Waals surface area contributed by atoms with Crippen molar-refractivity contribution >= 4 is 5.95 Å². The summed E-state index contributed by atoms with van der Waals surface area (Å²) in [5.41, 5.74) is 1.65. The summed E-state index contributed by atoms with van der Waals surface area (Å²) in [7, 11) is 4.13. The van der Waals surface area contributed by atoms with Crippen molar-refractivity contribution in [3.05, 3.63) is 17.5 Å². The van der Waals surface area contributed by atoms with Gasteiger partial charge in [-0.3, -0.25) is 0 Å². The van der Waals surface area contributed by atoms with Crippen molar-refractivity contribution in [2.45, 2.75) is 27.4 Å².